The highest BCUT2D eigenvalue weighted by molar-refractivity contribution is 6.30. The van der Waals surface area contributed by atoms with E-state index in [1.54, 1.807) is 13.0 Å². The Bertz CT molecular complexity index is 886. The molecule has 5 heteroatoms. The summed E-state index contributed by atoms with van der Waals surface area (Å²) in [6, 6.07) is 15.5. The van der Waals surface area contributed by atoms with Crippen molar-refractivity contribution in [3.63, 3.8) is 0 Å². The number of rotatable bonds is 7. The topological polar surface area (TPSA) is 63.6 Å². The molecular formula is C22H21ClO4. The van der Waals surface area contributed by atoms with Crippen LogP contribution < -0.4 is 0 Å². The predicted octanol–water partition coefficient (Wildman–Crippen LogP) is 4.86. The summed E-state index contributed by atoms with van der Waals surface area (Å²) in [5.74, 6) is -1.46. The van der Waals surface area contributed by atoms with Gasteiger partial charge in [0.2, 0.25) is 0 Å². The first-order valence-corrected chi connectivity index (χ1v) is 9.34. The molecule has 1 aliphatic carbocycles. The van der Waals surface area contributed by atoms with Crippen LogP contribution in [0.5, 0.6) is 0 Å². The molecule has 2 aromatic rings. The van der Waals surface area contributed by atoms with Crippen LogP contribution in [-0.2, 0) is 20.7 Å². The molecule has 3 rings (SSSR count). The molecule has 27 heavy (non-hydrogen) atoms. The third-order valence-electron chi connectivity index (χ3n) is 4.76. The lowest BCUT2D eigenvalue weighted by molar-refractivity contribution is -0.139. The van der Waals surface area contributed by atoms with Crippen molar-refractivity contribution in [3.8, 4) is 0 Å². The molecule has 140 valence electrons. The van der Waals surface area contributed by atoms with Crippen molar-refractivity contribution >= 4 is 29.1 Å². The summed E-state index contributed by atoms with van der Waals surface area (Å²) in [4.78, 5) is 23.9. The lowest BCUT2D eigenvalue weighted by atomic mass is 9.89. The monoisotopic (exact) mass is 384 g/mol. The fourth-order valence-electron chi connectivity index (χ4n) is 3.64. The second-order valence-electron chi connectivity index (χ2n) is 6.48. The van der Waals surface area contributed by atoms with E-state index in [-0.39, 0.29) is 31.3 Å². The average Bonchev–Trinajstić information content (AvgIpc) is 2.93. The zero-order chi connectivity index (χ0) is 19.4. The SMILES string of the molecule is CCOC(=O)C1=C(CCC(=O)O)c2cc(Cl)ccc2C1Cc1ccccc1. The number of fused-ring (bicyclic) bond motifs is 1. The molecule has 0 radical (unpaired) electrons. The van der Waals surface area contributed by atoms with Crippen molar-refractivity contribution in [2.24, 2.45) is 0 Å². The predicted molar refractivity (Wildman–Crippen MR) is 105 cm³/mol. The van der Waals surface area contributed by atoms with Gasteiger partial charge in [-0.1, -0.05) is 48.0 Å². The van der Waals surface area contributed by atoms with Gasteiger partial charge in [-0.05, 0) is 54.2 Å². The molecule has 0 aromatic heterocycles. The van der Waals surface area contributed by atoms with Crippen LogP contribution in [0.15, 0.2) is 54.1 Å². The Balaban J connectivity index is 2.10. The average molecular weight is 385 g/mol. The van der Waals surface area contributed by atoms with E-state index in [1.807, 2.05) is 42.5 Å². The van der Waals surface area contributed by atoms with Crippen LogP contribution in [-0.4, -0.2) is 23.7 Å². The first kappa shape index (κ1) is 19.2. The first-order valence-electron chi connectivity index (χ1n) is 8.97. The number of ether oxygens (including phenoxy) is 1. The largest absolute Gasteiger partial charge is 0.481 e. The second-order valence-corrected chi connectivity index (χ2v) is 6.92. The van der Waals surface area contributed by atoms with E-state index in [9.17, 15) is 9.59 Å². The van der Waals surface area contributed by atoms with Gasteiger partial charge in [-0.3, -0.25) is 4.79 Å². The molecule has 1 aliphatic rings. The van der Waals surface area contributed by atoms with Crippen molar-refractivity contribution < 1.29 is 19.4 Å². The Morgan fingerprint density at radius 1 is 1.15 bits per heavy atom. The fourth-order valence-corrected chi connectivity index (χ4v) is 3.81. The van der Waals surface area contributed by atoms with Crippen LogP contribution in [0.2, 0.25) is 5.02 Å². The van der Waals surface area contributed by atoms with E-state index in [4.69, 9.17) is 21.4 Å². The summed E-state index contributed by atoms with van der Waals surface area (Å²) >= 11 is 6.19. The number of aliphatic carboxylic acids is 1. The molecule has 0 spiro atoms. The Labute approximate surface area is 163 Å². The van der Waals surface area contributed by atoms with E-state index in [0.29, 0.717) is 17.0 Å². The highest BCUT2D eigenvalue weighted by Crippen LogP contribution is 2.46. The summed E-state index contributed by atoms with van der Waals surface area (Å²) in [6.07, 6.45) is 0.852. The van der Waals surface area contributed by atoms with Crippen molar-refractivity contribution in [3.05, 3.63) is 75.8 Å². The van der Waals surface area contributed by atoms with Gasteiger partial charge in [0, 0.05) is 22.9 Å². The van der Waals surface area contributed by atoms with Gasteiger partial charge in [0.05, 0.1) is 6.61 Å². The van der Waals surface area contributed by atoms with Crippen LogP contribution in [0.1, 0.15) is 42.4 Å². The number of hydrogen-bond acceptors (Lipinski definition) is 3. The molecule has 0 saturated carbocycles. The lowest BCUT2D eigenvalue weighted by Crippen LogP contribution is -2.15. The number of esters is 1. The smallest absolute Gasteiger partial charge is 0.334 e. The quantitative estimate of drug-likeness (QED) is 0.692. The molecule has 1 unspecified atom stereocenters. The molecule has 0 amide bonds. The number of benzene rings is 2. The Hall–Kier alpha value is -2.59. The van der Waals surface area contributed by atoms with Gasteiger partial charge in [0.25, 0.3) is 0 Å². The molecule has 0 fully saturated rings. The maximum absolute atomic E-state index is 12.8. The van der Waals surface area contributed by atoms with Gasteiger partial charge in [0.15, 0.2) is 0 Å². The summed E-state index contributed by atoms with van der Waals surface area (Å²) in [6.45, 7) is 2.03. The number of halogens is 1. The summed E-state index contributed by atoms with van der Waals surface area (Å²) in [7, 11) is 0. The highest BCUT2D eigenvalue weighted by Gasteiger charge is 2.36. The van der Waals surface area contributed by atoms with Crippen LogP contribution in [0.3, 0.4) is 0 Å². The zero-order valence-electron chi connectivity index (χ0n) is 15.1. The van der Waals surface area contributed by atoms with Gasteiger partial charge in [0.1, 0.15) is 0 Å². The minimum Gasteiger partial charge on any atom is -0.481 e. The maximum Gasteiger partial charge on any atom is 0.334 e. The number of carboxylic acid groups (broad SMARTS) is 1. The summed E-state index contributed by atoms with van der Waals surface area (Å²) < 4.78 is 5.32. The molecule has 0 heterocycles. The molecule has 1 N–H and O–H groups in total. The molecule has 4 nitrogen and oxygen atoms in total. The van der Waals surface area contributed by atoms with Gasteiger partial charge in [-0.15, -0.1) is 0 Å². The van der Waals surface area contributed by atoms with Gasteiger partial charge < -0.3 is 9.84 Å². The van der Waals surface area contributed by atoms with Crippen LogP contribution >= 0.6 is 11.6 Å². The number of carbonyl (C=O) groups is 2. The van der Waals surface area contributed by atoms with E-state index < -0.39 is 5.97 Å². The summed E-state index contributed by atoms with van der Waals surface area (Å²) in [5, 5.41) is 9.70. The summed E-state index contributed by atoms with van der Waals surface area (Å²) in [5.41, 5.74) is 4.23. The number of carbonyl (C=O) groups excluding carboxylic acids is 1. The van der Waals surface area contributed by atoms with Crippen molar-refractivity contribution in [1.82, 2.24) is 0 Å². The Kier molecular flexibility index (Phi) is 5.97. The van der Waals surface area contributed by atoms with Crippen LogP contribution in [0, 0.1) is 0 Å². The van der Waals surface area contributed by atoms with E-state index >= 15 is 0 Å². The number of carboxylic acids is 1. The normalized spacial score (nSPS) is 15.6. The minimum absolute atomic E-state index is 0.0533. The standard InChI is InChI=1S/C22H21ClO4/c1-2-27-22(26)21-17(10-11-20(24)25)18-13-15(23)8-9-16(18)19(21)12-14-6-4-3-5-7-14/h3-9,13,19H,2,10-12H2,1H3,(H,24,25). The van der Waals surface area contributed by atoms with Crippen molar-refractivity contribution in [1.29, 1.82) is 0 Å². The minimum atomic E-state index is -0.902. The molecule has 2 aromatic carbocycles. The molecule has 0 bridgehead atoms. The van der Waals surface area contributed by atoms with Crippen molar-refractivity contribution in [2.45, 2.75) is 32.1 Å². The molecular weight excluding hydrogens is 364 g/mol. The Morgan fingerprint density at radius 2 is 1.89 bits per heavy atom. The van der Waals surface area contributed by atoms with Gasteiger partial charge in [-0.25, -0.2) is 4.79 Å². The Morgan fingerprint density at radius 3 is 2.56 bits per heavy atom. The van der Waals surface area contributed by atoms with E-state index in [0.717, 1.165) is 22.3 Å². The van der Waals surface area contributed by atoms with Gasteiger partial charge >= 0.3 is 11.9 Å². The fraction of sp³-hybridized carbons (Fsp3) is 0.273. The highest BCUT2D eigenvalue weighted by atomic mass is 35.5. The lowest BCUT2D eigenvalue weighted by Gasteiger charge is -2.16. The second kappa shape index (κ2) is 8.40. The van der Waals surface area contributed by atoms with Gasteiger partial charge in [-0.2, -0.15) is 0 Å². The molecule has 0 aliphatic heterocycles. The zero-order valence-corrected chi connectivity index (χ0v) is 15.8. The number of hydrogen-bond donors (Lipinski definition) is 1. The molecule has 1 atom stereocenters. The van der Waals surface area contributed by atoms with E-state index in [2.05, 4.69) is 0 Å². The first-order chi connectivity index (χ1) is 13.0. The van der Waals surface area contributed by atoms with E-state index in [1.165, 1.54) is 0 Å². The van der Waals surface area contributed by atoms with Crippen molar-refractivity contribution in [2.75, 3.05) is 6.61 Å². The molecule has 0 saturated heterocycles. The van der Waals surface area contributed by atoms with Crippen LogP contribution in [0.4, 0.5) is 0 Å². The van der Waals surface area contributed by atoms with Crippen LogP contribution in [0.25, 0.3) is 5.57 Å². The third kappa shape index (κ3) is 4.22. The maximum atomic E-state index is 12.8. The third-order valence-corrected chi connectivity index (χ3v) is 4.99. The number of allylic oxidation sites excluding steroid dienone is 1.